The largest absolute Gasteiger partial charge is 0.507 e. The molecule has 0 spiro atoms. The number of ether oxygens (including phenoxy) is 1. The molecule has 5 heteroatoms. The number of halogens is 1. The lowest BCUT2D eigenvalue weighted by molar-refractivity contribution is -0.144. The molecule has 2 aromatic rings. The van der Waals surface area contributed by atoms with Gasteiger partial charge in [0.05, 0.1) is 0 Å². The molecule has 0 aliphatic heterocycles. The van der Waals surface area contributed by atoms with Gasteiger partial charge in [-0.05, 0) is 36.4 Å². The summed E-state index contributed by atoms with van der Waals surface area (Å²) in [6, 6.07) is 14.4. The van der Waals surface area contributed by atoms with Gasteiger partial charge in [-0.2, -0.15) is 0 Å². The second-order valence-corrected chi connectivity index (χ2v) is 4.54. The van der Waals surface area contributed by atoms with Gasteiger partial charge in [0, 0.05) is 16.7 Å². The molecule has 0 aliphatic carbocycles. The fourth-order valence-corrected chi connectivity index (χ4v) is 1.66. The Labute approximate surface area is 126 Å². The summed E-state index contributed by atoms with van der Waals surface area (Å²) in [7, 11) is 0. The SMILES string of the molecule is O=C(C=C(O)c1ccc(Cl)cc1)C(=O)Oc1ccccc1. The molecule has 0 unspecified atom stereocenters. The van der Waals surface area contributed by atoms with Crippen LogP contribution in [0.5, 0.6) is 5.75 Å². The first-order valence-electron chi connectivity index (χ1n) is 6.04. The van der Waals surface area contributed by atoms with E-state index >= 15 is 0 Å². The van der Waals surface area contributed by atoms with Gasteiger partial charge < -0.3 is 9.84 Å². The number of aliphatic hydroxyl groups excluding tert-OH is 1. The number of aliphatic hydroxyl groups is 1. The second-order valence-electron chi connectivity index (χ2n) is 4.10. The van der Waals surface area contributed by atoms with Crippen molar-refractivity contribution in [3.63, 3.8) is 0 Å². The Morgan fingerprint density at radius 2 is 1.62 bits per heavy atom. The van der Waals surface area contributed by atoms with Gasteiger partial charge in [0.15, 0.2) is 0 Å². The predicted molar refractivity (Wildman–Crippen MR) is 79.1 cm³/mol. The third kappa shape index (κ3) is 4.19. The molecule has 2 rings (SSSR count). The highest BCUT2D eigenvalue weighted by Crippen LogP contribution is 2.16. The highest BCUT2D eigenvalue weighted by molar-refractivity contribution is 6.39. The van der Waals surface area contributed by atoms with Crippen LogP contribution in [0.2, 0.25) is 5.02 Å². The first kappa shape index (κ1) is 14.8. The molecule has 0 atom stereocenters. The fourth-order valence-electron chi connectivity index (χ4n) is 1.53. The normalized spacial score (nSPS) is 11.0. The number of esters is 1. The van der Waals surface area contributed by atoms with E-state index < -0.39 is 11.8 Å². The summed E-state index contributed by atoms with van der Waals surface area (Å²) in [4.78, 5) is 23.2. The second kappa shape index (κ2) is 6.72. The Hall–Kier alpha value is -2.59. The van der Waals surface area contributed by atoms with Crippen LogP contribution in [0.15, 0.2) is 60.7 Å². The summed E-state index contributed by atoms with van der Waals surface area (Å²) >= 11 is 5.72. The van der Waals surface area contributed by atoms with Crippen LogP contribution in [0, 0.1) is 0 Å². The zero-order valence-corrected chi connectivity index (χ0v) is 11.6. The van der Waals surface area contributed by atoms with Gasteiger partial charge in [0.2, 0.25) is 0 Å². The maximum absolute atomic E-state index is 11.7. The van der Waals surface area contributed by atoms with Crippen LogP contribution >= 0.6 is 11.6 Å². The van der Waals surface area contributed by atoms with Crippen molar-refractivity contribution >= 4 is 29.1 Å². The fraction of sp³-hybridized carbons (Fsp3) is 0. The average molecular weight is 303 g/mol. The first-order chi connectivity index (χ1) is 10.1. The van der Waals surface area contributed by atoms with Crippen LogP contribution in [-0.4, -0.2) is 16.9 Å². The van der Waals surface area contributed by atoms with Gasteiger partial charge in [-0.15, -0.1) is 0 Å². The monoisotopic (exact) mass is 302 g/mol. The summed E-state index contributed by atoms with van der Waals surface area (Å²) in [6.07, 6.45) is 0.814. The lowest BCUT2D eigenvalue weighted by atomic mass is 10.1. The molecule has 0 amide bonds. The van der Waals surface area contributed by atoms with E-state index in [4.69, 9.17) is 16.3 Å². The Bertz CT molecular complexity index is 675. The van der Waals surface area contributed by atoms with E-state index in [0.717, 1.165) is 6.08 Å². The van der Waals surface area contributed by atoms with E-state index in [9.17, 15) is 14.7 Å². The topological polar surface area (TPSA) is 63.6 Å². The molecule has 0 fully saturated rings. The maximum Gasteiger partial charge on any atom is 0.384 e. The van der Waals surface area contributed by atoms with Gasteiger partial charge >= 0.3 is 5.97 Å². The number of carbonyl (C=O) groups is 2. The number of para-hydroxylation sites is 1. The van der Waals surface area contributed by atoms with Crippen molar-refractivity contribution in [2.75, 3.05) is 0 Å². The van der Waals surface area contributed by atoms with Gasteiger partial charge in [-0.25, -0.2) is 4.79 Å². The van der Waals surface area contributed by atoms with E-state index in [1.54, 1.807) is 42.5 Å². The lowest BCUT2D eigenvalue weighted by Crippen LogP contribution is -2.18. The van der Waals surface area contributed by atoms with Crippen molar-refractivity contribution in [2.24, 2.45) is 0 Å². The molecular formula is C16H11ClO4. The summed E-state index contributed by atoms with van der Waals surface area (Å²) in [6.45, 7) is 0. The Morgan fingerprint density at radius 3 is 2.24 bits per heavy atom. The Morgan fingerprint density at radius 1 is 1.00 bits per heavy atom. The Balaban J connectivity index is 2.07. The summed E-state index contributed by atoms with van der Waals surface area (Å²) < 4.78 is 4.87. The highest BCUT2D eigenvalue weighted by Gasteiger charge is 2.15. The van der Waals surface area contributed by atoms with E-state index in [0.29, 0.717) is 10.6 Å². The highest BCUT2D eigenvalue weighted by atomic mass is 35.5. The number of hydrogen-bond donors (Lipinski definition) is 1. The van der Waals surface area contributed by atoms with E-state index in [1.807, 2.05) is 0 Å². The van der Waals surface area contributed by atoms with Crippen molar-refractivity contribution in [1.82, 2.24) is 0 Å². The number of ketones is 1. The average Bonchev–Trinajstić information content (AvgIpc) is 2.48. The third-order valence-corrected chi connectivity index (χ3v) is 2.81. The lowest BCUT2D eigenvalue weighted by Gasteiger charge is -2.02. The minimum Gasteiger partial charge on any atom is -0.507 e. The van der Waals surface area contributed by atoms with Crippen molar-refractivity contribution in [1.29, 1.82) is 0 Å². The number of carbonyl (C=O) groups excluding carboxylic acids is 2. The van der Waals surface area contributed by atoms with Crippen molar-refractivity contribution in [2.45, 2.75) is 0 Å². The molecule has 0 aliphatic rings. The molecule has 1 N–H and O–H groups in total. The number of hydrogen-bond acceptors (Lipinski definition) is 4. The van der Waals surface area contributed by atoms with Crippen LogP contribution in [0.3, 0.4) is 0 Å². The first-order valence-corrected chi connectivity index (χ1v) is 6.42. The van der Waals surface area contributed by atoms with Crippen molar-refractivity contribution < 1.29 is 19.4 Å². The molecule has 0 saturated carbocycles. The van der Waals surface area contributed by atoms with Crippen molar-refractivity contribution in [3.8, 4) is 5.75 Å². The van der Waals surface area contributed by atoms with Crippen LogP contribution in [-0.2, 0) is 9.59 Å². The van der Waals surface area contributed by atoms with Crippen molar-refractivity contribution in [3.05, 3.63) is 71.3 Å². The van der Waals surface area contributed by atoms with Crippen LogP contribution < -0.4 is 4.74 Å². The standard InChI is InChI=1S/C16H11ClO4/c17-12-8-6-11(7-9-12)14(18)10-15(19)16(20)21-13-4-2-1-3-5-13/h1-10,18H. The molecule has 0 saturated heterocycles. The number of benzene rings is 2. The minimum absolute atomic E-state index is 0.259. The number of rotatable bonds is 4. The van der Waals surface area contributed by atoms with E-state index in [1.165, 1.54) is 12.1 Å². The smallest absolute Gasteiger partial charge is 0.384 e. The predicted octanol–water partition coefficient (Wildman–Crippen LogP) is 3.41. The summed E-state index contributed by atoms with van der Waals surface area (Å²) in [5.41, 5.74) is 0.375. The molecule has 0 heterocycles. The molecule has 0 radical (unpaired) electrons. The summed E-state index contributed by atoms with van der Waals surface area (Å²) in [5.74, 6) is -2.09. The van der Waals surface area contributed by atoms with E-state index in [2.05, 4.69) is 0 Å². The van der Waals surface area contributed by atoms with Gasteiger partial charge in [0.25, 0.3) is 5.78 Å². The molecule has 106 valence electrons. The van der Waals surface area contributed by atoms with Gasteiger partial charge in [-0.3, -0.25) is 4.79 Å². The molecular weight excluding hydrogens is 292 g/mol. The van der Waals surface area contributed by atoms with Gasteiger partial charge in [0.1, 0.15) is 11.5 Å². The quantitative estimate of drug-likeness (QED) is 0.309. The zero-order chi connectivity index (χ0) is 15.2. The molecule has 4 nitrogen and oxygen atoms in total. The third-order valence-electron chi connectivity index (χ3n) is 2.56. The molecule has 0 aromatic heterocycles. The van der Waals surface area contributed by atoms with E-state index in [-0.39, 0.29) is 11.5 Å². The minimum atomic E-state index is -1.07. The molecule has 21 heavy (non-hydrogen) atoms. The molecule has 2 aromatic carbocycles. The molecule has 0 bridgehead atoms. The Kier molecular flexibility index (Phi) is 4.74. The van der Waals surface area contributed by atoms with Crippen LogP contribution in [0.4, 0.5) is 0 Å². The zero-order valence-electron chi connectivity index (χ0n) is 10.8. The summed E-state index contributed by atoms with van der Waals surface area (Å²) in [5, 5.41) is 10.3. The van der Waals surface area contributed by atoms with Crippen LogP contribution in [0.25, 0.3) is 5.76 Å². The maximum atomic E-state index is 11.7. The van der Waals surface area contributed by atoms with Gasteiger partial charge in [-0.1, -0.05) is 29.8 Å². The van der Waals surface area contributed by atoms with Crippen LogP contribution in [0.1, 0.15) is 5.56 Å².